The number of nitrogens with one attached hydrogen (secondary N) is 1. The summed E-state index contributed by atoms with van der Waals surface area (Å²) in [4.78, 5) is 10.7. The van der Waals surface area contributed by atoms with Crippen LogP contribution in [0.2, 0.25) is 10.0 Å². The Bertz CT molecular complexity index is 652. The minimum absolute atomic E-state index is 0.519. The summed E-state index contributed by atoms with van der Waals surface area (Å²) in [7, 11) is 2.26. The molecule has 4 rings (SSSR count). The van der Waals surface area contributed by atoms with Crippen molar-refractivity contribution in [1.82, 2.24) is 14.9 Å². The van der Waals surface area contributed by atoms with Crippen LogP contribution in [-0.2, 0) is 0 Å². The maximum Gasteiger partial charge on any atom is 0.110 e. The lowest BCUT2D eigenvalue weighted by atomic mass is 9.90. The maximum atomic E-state index is 6.25. The molecule has 2 fully saturated rings. The molecule has 0 amide bonds. The molecule has 2 aliphatic rings. The first-order valence-corrected chi connectivity index (χ1v) is 7.94. The fourth-order valence-corrected chi connectivity index (χ4v) is 4.22. The van der Waals surface area contributed by atoms with Crippen LogP contribution in [0.3, 0.4) is 0 Å². The van der Waals surface area contributed by atoms with Gasteiger partial charge in [0, 0.05) is 18.0 Å². The number of fused-ring (bicyclic) bond motifs is 3. The quantitative estimate of drug-likeness (QED) is 0.855. The molecule has 2 saturated heterocycles. The molecule has 2 unspecified atom stereocenters. The molecule has 1 aromatic carbocycles. The van der Waals surface area contributed by atoms with Crippen LogP contribution in [-0.4, -0.2) is 34.0 Å². The van der Waals surface area contributed by atoms with Crippen molar-refractivity contribution < 1.29 is 0 Å². The molecule has 2 atom stereocenters. The van der Waals surface area contributed by atoms with Crippen molar-refractivity contribution in [3.8, 4) is 0 Å². The normalized spacial score (nSPS) is 30.2. The average molecular weight is 310 g/mol. The minimum Gasteiger partial charge on any atom is -0.342 e. The van der Waals surface area contributed by atoms with Gasteiger partial charge in [-0.3, -0.25) is 0 Å². The second-order valence-corrected chi connectivity index (χ2v) is 6.88. The Kier molecular flexibility index (Phi) is 2.99. The van der Waals surface area contributed by atoms with Crippen LogP contribution >= 0.6 is 23.2 Å². The number of rotatable bonds is 1. The van der Waals surface area contributed by atoms with Gasteiger partial charge in [-0.15, -0.1) is 0 Å². The molecule has 5 heteroatoms. The van der Waals surface area contributed by atoms with Crippen molar-refractivity contribution in [1.29, 1.82) is 0 Å². The highest BCUT2D eigenvalue weighted by atomic mass is 35.5. The number of H-pyrrole nitrogens is 1. The van der Waals surface area contributed by atoms with Crippen molar-refractivity contribution in [3.05, 3.63) is 28.0 Å². The predicted molar refractivity (Wildman–Crippen MR) is 82.7 cm³/mol. The average Bonchev–Trinajstić information content (AvgIpc) is 2.93. The lowest BCUT2D eigenvalue weighted by Crippen LogP contribution is -2.39. The van der Waals surface area contributed by atoms with Crippen molar-refractivity contribution in [2.75, 3.05) is 7.05 Å². The fourth-order valence-electron chi connectivity index (χ4n) is 3.86. The van der Waals surface area contributed by atoms with E-state index in [4.69, 9.17) is 28.2 Å². The Balaban J connectivity index is 1.71. The van der Waals surface area contributed by atoms with E-state index in [0.717, 1.165) is 16.9 Å². The standard InChI is InChI=1S/C15H17Cl2N3/c1-20-9-2-3-10(20)7-8(6-9)15-18-12-5-4-11(16)13(17)14(12)19-15/h4-5,8-10H,2-3,6-7H2,1H3,(H,18,19). The van der Waals surface area contributed by atoms with Crippen LogP contribution in [0.1, 0.15) is 37.4 Å². The van der Waals surface area contributed by atoms with Gasteiger partial charge in [0.1, 0.15) is 11.3 Å². The summed E-state index contributed by atoms with van der Waals surface area (Å²) in [5.41, 5.74) is 1.79. The Morgan fingerprint density at radius 1 is 1.20 bits per heavy atom. The third-order valence-corrected chi connectivity index (χ3v) is 5.84. The third-order valence-electron chi connectivity index (χ3n) is 5.05. The zero-order chi connectivity index (χ0) is 13.9. The van der Waals surface area contributed by atoms with Gasteiger partial charge in [-0.2, -0.15) is 0 Å². The topological polar surface area (TPSA) is 31.9 Å². The van der Waals surface area contributed by atoms with E-state index in [1.54, 1.807) is 0 Å². The lowest BCUT2D eigenvalue weighted by Gasteiger charge is -2.35. The van der Waals surface area contributed by atoms with E-state index in [-0.39, 0.29) is 0 Å². The van der Waals surface area contributed by atoms with E-state index in [0.29, 0.717) is 28.0 Å². The molecule has 0 spiro atoms. The number of benzene rings is 1. The Labute approximate surface area is 128 Å². The van der Waals surface area contributed by atoms with Crippen LogP contribution in [0.5, 0.6) is 0 Å². The molecule has 20 heavy (non-hydrogen) atoms. The van der Waals surface area contributed by atoms with E-state index < -0.39 is 0 Å². The van der Waals surface area contributed by atoms with Crippen LogP contribution in [0.25, 0.3) is 11.0 Å². The zero-order valence-electron chi connectivity index (χ0n) is 11.4. The van der Waals surface area contributed by atoms with Gasteiger partial charge < -0.3 is 9.88 Å². The monoisotopic (exact) mass is 309 g/mol. The summed E-state index contributed by atoms with van der Waals surface area (Å²) in [5.74, 6) is 1.60. The number of aromatic amines is 1. The first kappa shape index (κ1) is 12.9. The molecule has 0 aliphatic carbocycles. The summed E-state index contributed by atoms with van der Waals surface area (Å²) < 4.78 is 0. The highest BCUT2D eigenvalue weighted by molar-refractivity contribution is 6.44. The first-order valence-electron chi connectivity index (χ1n) is 7.19. The summed E-state index contributed by atoms with van der Waals surface area (Å²) in [5, 5.41) is 1.13. The van der Waals surface area contributed by atoms with Gasteiger partial charge in [-0.05, 0) is 44.9 Å². The van der Waals surface area contributed by atoms with Gasteiger partial charge in [-0.25, -0.2) is 4.98 Å². The molecule has 1 aromatic heterocycles. The molecule has 2 bridgehead atoms. The molecular weight excluding hydrogens is 293 g/mol. The second-order valence-electron chi connectivity index (χ2n) is 6.10. The summed E-state index contributed by atoms with van der Waals surface area (Å²) in [6.45, 7) is 0. The van der Waals surface area contributed by atoms with Gasteiger partial charge in [0.25, 0.3) is 0 Å². The number of imidazole rings is 1. The number of hydrogen-bond acceptors (Lipinski definition) is 2. The summed E-state index contributed by atoms with van der Waals surface area (Å²) >= 11 is 12.3. The Morgan fingerprint density at radius 3 is 2.60 bits per heavy atom. The van der Waals surface area contributed by atoms with Crippen molar-refractivity contribution in [2.45, 2.75) is 43.7 Å². The van der Waals surface area contributed by atoms with Gasteiger partial charge >= 0.3 is 0 Å². The molecule has 2 aromatic rings. The largest absolute Gasteiger partial charge is 0.342 e. The molecule has 2 aliphatic heterocycles. The summed E-state index contributed by atoms with van der Waals surface area (Å²) in [6, 6.07) is 5.22. The molecule has 3 heterocycles. The molecule has 3 nitrogen and oxygen atoms in total. The molecule has 0 saturated carbocycles. The predicted octanol–water partition coefficient (Wildman–Crippen LogP) is 4.21. The molecule has 0 radical (unpaired) electrons. The Hall–Kier alpha value is -0.770. The van der Waals surface area contributed by atoms with Gasteiger partial charge in [0.15, 0.2) is 0 Å². The fraction of sp³-hybridized carbons (Fsp3) is 0.533. The number of nitrogens with zero attached hydrogens (tertiary/aromatic N) is 2. The SMILES string of the molecule is CN1C2CCC1CC(c1nc3c(Cl)c(Cl)ccc3[nH]1)C2. The van der Waals surface area contributed by atoms with Crippen molar-refractivity contribution >= 4 is 34.2 Å². The first-order chi connectivity index (χ1) is 9.63. The number of piperidine rings is 1. The van der Waals surface area contributed by atoms with E-state index in [1.807, 2.05) is 12.1 Å². The zero-order valence-corrected chi connectivity index (χ0v) is 12.9. The van der Waals surface area contributed by atoms with Crippen LogP contribution in [0, 0.1) is 0 Å². The minimum atomic E-state index is 0.519. The van der Waals surface area contributed by atoms with Gasteiger partial charge in [0.2, 0.25) is 0 Å². The van der Waals surface area contributed by atoms with Crippen LogP contribution in [0.4, 0.5) is 0 Å². The lowest BCUT2D eigenvalue weighted by molar-refractivity contribution is 0.159. The van der Waals surface area contributed by atoms with E-state index >= 15 is 0 Å². The smallest absolute Gasteiger partial charge is 0.110 e. The van der Waals surface area contributed by atoms with Crippen molar-refractivity contribution in [2.24, 2.45) is 0 Å². The molecule has 1 N–H and O–H groups in total. The summed E-state index contributed by atoms with van der Waals surface area (Å²) in [6.07, 6.45) is 5.03. The Morgan fingerprint density at radius 2 is 1.90 bits per heavy atom. The van der Waals surface area contributed by atoms with Gasteiger partial charge in [0.05, 0.1) is 15.6 Å². The highest BCUT2D eigenvalue weighted by Gasteiger charge is 2.39. The maximum absolute atomic E-state index is 6.25. The second kappa shape index (κ2) is 4.62. The molecule has 106 valence electrons. The number of aromatic nitrogens is 2. The van der Waals surface area contributed by atoms with Crippen LogP contribution < -0.4 is 0 Å². The van der Waals surface area contributed by atoms with E-state index in [1.165, 1.54) is 25.7 Å². The highest BCUT2D eigenvalue weighted by Crippen LogP contribution is 2.42. The molecular formula is C15H17Cl2N3. The van der Waals surface area contributed by atoms with Crippen molar-refractivity contribution in [3.63, 3.8) is 0 Å². The third kappa shape index (κ3) is 1.87. The number of halogens is 2. The van der Waals surface area contributed by atoms with E-state index in [2.05, 4.69) is 16.9 Å². The van der Waals surface area contributed by atoms with Crippen LogP contribution in [0.15, 0.2) is 12.1 Å². The number of hydrogen-bond donors (Lipinski definition) is 1. The van der Waals surface area contributed by atoms with E-state index in [9.17, 15) is 0 Å². The van der Waals surface area contributed by atoms with Gasteiger partial charge in [-0.1, -0.05) is 23.2 Å².